The van der Waals surface area contributed by atoms with E-state index in [0.717, 1.165) is 12.8 Å². The monoisotopic (exact) mass is 296 g/mol. The minimum absolute atomic E-state index is 0.0506. The van der Waals surface area contributed by atoms with Crippen LogP contribution in [-0.2, 0) is 10.8 Å². The van der Waals surface area contributed by atoms with Gasteiger partial charge in [0.15, 0.2) is 0 Å². The molecule has 1 saturated carbocycles. The summed E-state index contributed by atoms with van der Waals surface area (Å²) in [6, 6.07) is 6.43. The summed E-state index contributed by atoms with van der Waals surface area (Å²) in [7, 11) is 0.491. The van der Waals surface area contributed by atoms with Gasteiger partial charge in [0, 0.05) is 12.1 Å². The molecule has 3 atom stereocenters. The molecule has 0 heterocycles. The first-order chi connectivity index (χ1) is 9.38. The highest BCUT2D eigenvalue weighted by Gasteiger charge is 2.45. The molecule has 0 radical (unpaired) electrons. The standard InChI is InChI=1S/C14H20N2O3S/c1-14(2)9-8-12(13(14)15-3)20(19)11-7-5-4-6-10(11)16(17)18/h4-7,12-13,15H,8-9H2,1-3H3. The Balaban J connectivity index is 2.35. The van der Waals surface area contributed by atoms with Crippen LogP contribution in [0.25, 0.3) is 0 Å². The first-order valence-corrected chi connectivity index (χ1v) is 7.91. The van der Waals surface area contributed by atoms with Crippen LogP contribution in [-0.4, -0.2) is 27.5 Å². The van der Waals surface area contributed by atoms with E-state index in [4.69, 9.17) is 0 Å². The summed E-state index contributed by atoms with van der Waals surface area (Å²) in [5.74, 6) is 0. The third-order valence-electron chi connectivity index (χ3n) is 4.15. The van der Waals surface area contributed by atoms with E-state index in [0.29, 0.717) is 4.90 Å². The second kappa shape index (κ2) is 5.61. The molecule has 0 amide bonds. The summed E-state index contributed by atoms with van der Waals surface area (Å²) in [5.41, 5.74) is 0.00364. The number of nitrogens with one attached hydrogen (secondary N) is 1. The molecule has 110 valence electrons. The van der Waals surface area contributed by atoms with Gasteiger partial charge >= 0.3 is 0 Å². The summed E-state index contributed by atoms with van der Waals surface area (Å²) in [6.07, 6.45) is 1.78. The SMILES string of the molecule is CNC1C(S(=O)c2ccccc2[N+](=O)[O-])CCC1(C)C. The van der Waals surface area contributed by atoms with E-state index < -0.39 is 15.7 Å². The Hall–Kier alpha value is -1.27. The molecule has 1 fully saturated rings. The van der Waals surface area contributed by atoms with Gasteiger partial charge in [0.05, 0.1) is 21.0 Å². The lowest BCUT2D eigenvalue weighted by Crippen LogP contribution is -2.44. The number of benzene rings is 1. The van der Waals surface area contributed by atoms with Gasteiger partial charge in [-0.1, -0.05) is 26.0 Å². The van der Waals surface area contributed by atoms with Crippen molar-refractivity contribution in [1.82, 2.24) is 5.32 Å². The molecule has 0 saturated heterocycles. The number of nitro benzene ring substituents is 1. The molecule has 20 heavy (non-hydrogen) atoms. The minimum atomic E-state index is -1.37. The van der Waals surface area contributed by atoms with E-state index in [1.807, 2.05) is 7.05 Å². The largest absolute Gasteiger partial charge is 0.315 e. The molecule has 1 aliphatic rings. The van der Waals surface area contributed by atoms with Crippen LogP contribution in [0.2, 0.25) is 0 Å². The molecule has 0 spiro atoms. The van der Waals surface area contributed by atoms with Gasteiger partial charge in [-0.3, -0.25) is 14.3 Å². The normalized spacial score (nSPS) is 26.4. The van der Waals surface area contributed by atoms with Gasteiger partial charge in [0.1, 0.15) is 4.90 Å². The molecular formula is C14H20N2O3S. The molecule has 1 aliphatic carbocycles. The van der Waals surface area contributed by atoms with Crippen LogP contribution >= 0.6 is 0 Å². The average Bonchev–Trinajstić information content (AvgIpc) is 2.72. The lowest BCUT2D eigenvalue weighted by molar-refractivity contribution is -0.387. The van der Waals surface area contributed by atoms with Crippen molar-refractivity contribution in [3.05, 3.63) is 34.4 Å². The quantitative estimate of drug-likeness (QED) is 0.684. The smallest absolute Gasteiger partial charge is 0.285 e. The average molecular weight is 296 g/mol. The number of para-hydroxylation sites is 1. The van der Waals surface area contributed by atoms with E-state index >= 15 is 0 Å². The molecule has 2 rings (SSSR count). The lowest BCUT2D eigenvalue weighted by atomic mass is 9.87. The molecule has 6 heteroatoms. The maximum Gasteiger partial charge on any atom is 0.285 e. The first-order valence-electron chi connectivity index (χ1n) is 6.70. The summed E-state index contributed by atoms with van der Waals surface area (Å²) in [5, 5.41) is 14.2. The Labute approximate surface area is 121 Å². The third-order valence-corrected chi connectivity index (χ3v) is 5.99. The van der Waals surface area contributed by atoms with Crippen LogP contribution < -0.4 is 5.32 Å². The topological polar surface area (TPSA) is 72.2 Å². The van der Waals surface area contributed by atoms with Crippen LogP contribution in [0.3, 0.4) is 0 Å². The van der Waals surface area contributed by atoms with Gasteiger partial charge in [0.25, 0.3) is 5.69 Å². The Bertz CT molecular complexity index is 545. The first kappa shape index (κ1) is 15.1. The highest BCUT2D eigenvalue weighted by atomic mass is 32.2. The van der Waals surface area contributed by atoms with E-state index in [-0.39, 0.29) is 22.4 Å². The summed E-state index contributed by atoms with van der Waals surface area (Å²) < 4.78 is 12.8. The van der Waals surface area contributed by atoms with Crippen LogP contribution in [0.1, 0.15) is 26.7 Å². The molecule has 3 unspecified atom stereocenters. The van der Waals surface area contributed by atoms with Crippen molar-refractivity contribution < 1.29 is 9.13 Å². The second-order valence-corrected chi connectivity index (χ2v) is 7.49. The Kier molecular flexibility index (Phi) is 4.25. The molecule has 1 aromatic carbocycles. The fourth-order valence-corrected chi connectivity index (χ4v) is 5.06. The molecule has 5 nitrogen and oxygen atoms in total. The second-order valence-electron chi connectivity index (χ2n) is 5.85. The fraction of sp³-hybridized carbons (Fsp3) is 0.571. The number of nitro groups is 1. The highest BCUT2D eigenvalue weighted by molar-refractivity contribution is 7.86. The van der Waals surface area contributed by atoms with Gasteiger partial charge in [0.2, 0.25) is 0 Å². The van der Waals surface area contributed by atoms with E-state index in [2.05, 4.69) is 19.2 Å². The lowest BCUT2D eigenvalue weighted by Gasteiger charge is -2.29. The van der Waals surface area contributed by atoms with Crippen molar-refractivity contribution >= 4 is 16.5 Å². The van der Waals surface area contributed by atoms with Crippen molar-refractivity contribution in [3.8, 4) is 0 Å². The predicted octanol–water partition coefficient (Wildman–Crippen LogP) is 2.48. The fourth-order valence-electron chi connectivity index (χ4n) is 3.09. The van der Waals surface area contributed by atoms with E-state index in [1.165, 1.54) is 6.07 Å². The predicted molar refractivity (Wildman–Crippen MR) is 79.2 cm³/mol. The van der Waals surface area contributed by atoms with Gasteiger partial charge in [-0.2, -0.15) is 0 Å². The zero-order chi connectivity index (χ0) is 14.9. The van der Waals surface area contributed by atoms with Crippen molar-refractivity contribution in [2.45, 2.75) is 42.9 Å². The third kappa shape index (κ3) is 2.62. The highest BCUT2D eigenvalue weighted by Crippen LogP contribution is 2.41. The Morgan fingerprint density at radius 3 is 2.65 bits per heavy atom. The van der Waals surface area contributed by atoms with Crippen molar-refractivity contribution in [3.63, 3.8) is 0 Å². The van der Waals surface area contributed by atoms with Crippen LogP contribution in [0.4, 0.5) is 5.69 Å². The van der Waals surface area contributed by atoms with E-state index in [1.54, 1.807) is 18.2 Å². The molecule has 1 N–H and O–H groups in total. The number of rotatable bonds is 4. The molecular weight excluding hydrogens is 276 g/mol. The molecule has 0 aromatic heterocycles. The maximum absolute atomic E-state index is 12.8. The zero-order valence-corrected chi connectivity index (χ0v) is 12.8. The molecule has 0 aliphatic heterocycles. The maximum atomic E-state index is 12.8. The summed E-state index contributed by atoms with van der Waals surface area (Å²) >= 11 is 0. The minimum Gasteiger partial charge on any atom is -0.315 e. The number of hydrogen-bond acceptors (Lipinski definition) is 4. The van der Waals surface area contributed by atoms with Crippen LogP contribution in [0.5, 0.6) is 0 Å². The van der Waals surface area contributed by atoms with Crippen molar-refractivity contribution in [1.29, 1.82) is 0 Å². The van der Waals surface area contributed by atoms with Crippen molar-refractivity contribution in [2.75, 3.05) is 7.05 Å². The molecule has 1 aromatic rings. The molecule has 0 bridgehead atoms. The Morgan fingerprint density at radius 1 is 1.40 bits per heavy atom. The van der Waals surface area contributed by atoms with Gasteiger partial charge in [-0.15, -0.1) is 0 Å². The van der Waals surface area contributed by atoms with Gasteiger partial charge in [-0.25, -0.2) is 0 Å². The zero-order valence-electron chi connectivity index (χ0n) is 12.0. The number of nitrogens with zero attached hydrogens (tertiary/aromatic N) is 1. The van der Waals surface area contributed by atoms with Gasteiger partial charge < -0.3 is 5.32 Å². The number of hydrogen-bond donors (Lipinski definition) is 1. The van der Waals surface area contributed by atoms with Gasteiger partial charge in [-0.05, 0) is 31.4 Å². The summed E-state index contributed by atoms with van der Waals surface area (Å²) in [4.78, 5) is 11.0. The summed E-state index contributed by atoms with van der Waals surface area (Å²) in [6.45, 7) is 4.29. The van der Waals surface area contributed by atoms with E-state index in [9.17, 15) is 14.3 Å². The Morgan fingerprint density at radius 2 is 2.05 bits per heavy atom. The van der Waals surface area contributed by atoms with Crippen LogP contribution in [0.15, 0.2) is 29.2 Å². The van der Waals surface area contributed by atoms with Crippen molar-refractivity contribution in [2.24, 2.45) is 5.41 Å². The van der Waals surface area contributed by atoms with Crippen LogP contribution in [0, 0.1) is 15.5 Å².